The molecule has 0 aliphatic heterocycles. The van der Waals surface area contributed by atoms with Crippen molar-refractivity contribution < 1.29 is 10.2 Å². The molecule has 0 saturated carbocycles. The predicted molar refractivity (Wildman–Crippen MR) is 71.4 cm³/mol. The highest BCUT2D eigenvalue weighted by Crippen LogP contribution is 2.23. The van der Waals surface area contributed by atoms with E-state index in [1.165, 1.54) is 0 Å². The molecule has 18 heavy (non-hydrogen) atoms. The Kier molecular flexibility index (Phi) is 4.31. The number of aliphatic hydroxyl groups excluding tert-OH is 2. The summed E-state index contributed by atoms with van der Waals surface area (Å²) in [5.41, 5.74) is 2.75. The van der Waals surface area contributed by atoms with E-state index in [1.807, 2.05) is 24.3 Å². The van der Waals surface area contributed by atoms with Crippen molar-refractivity contribution in [2.75, 3.05) is 5.88 Å². The van der Waals surface area contributed by atoms with Crippen LogP contribution in [0.3, 0.4) is 0 Å². The number of aliphatic hydroxyl groups is 2. The summed E-state index contributed by atoms with van der Waals surface area (Å²) in [4.78, 5) is 3.96. The Balaban J connectivity index is 2.20. The van der Waals surface area contributed by atoms with Gasteiger partial charge in [-0.2, -0.15) is 0 Å². The molecule has 0 amide bonds. The molecule has 1 aromatic carbocycles. The Bertz CT molecular complexity index is 487. The lowest BCUT2D eigenvalue weighted by atomic mass is 10.0. The summed E-state index contributed by atoms with van der Waals surface area (Å²) >= 11 is 5.51. The van der Waals surface area contributed by atoms with Crippen LogP contribution in [-0.4, -0.2) is 27.2 Å². The molecule has 0 saturated heterocycles. The van der Waals surface area contributed by atoms with Gasteiger partial charge in [-0.3, -0.25) is 4.98 Å². The summed E-state index contributed by atoms with van der Waals surface area (Å²) in [6, 6.07) is 11.2. The molecule has 0 bridgehead atoms. The minimum atomic E-state index is -0.950. The molecule has 0 aliphatic rings. The van der Waals surface area contributed by atoms with Gasteiger partial charge in [-0.05, 0) is 28.8 Å². The largest absolute Gasteiger partial charge is 0.389 e. The van der Waals surface area contributed by atoms with Gasteiger partial charge in [-0.1, -0.05) is 24.3 Å². The zero-order chi connectivity index (χ0) is 13.0. The van der Waals surface area contributed by atoms with Crippen molar-refractivity contribution in [3.05, 3.63) is 54.4 Å². The van der Waals surface area contributed by atoms with Crippen molar-refractivity contribution in [2.24, 2.45) is 0 Å². The van der Waals surface area contributed by atoms with Crippen LogP contribution >= 0.6 is 11.6 Å². The quantitative estimate of drug-likeness (QED) is 0.833. The molecule has 2 atom stereocenters. The van der Waals surface area contributed by atoms with Crippen LogP contribution in [-0.2, 0) is 0 Å². The van der Waals surface area contributed by atoms with Gasteiger partial charge in [0.1, 0.15) is 6.10 Å². The molecular formula is C14H14ClNO2. The number of alkyl halides is 1. The maximum absolute atomic E-state index is 9.81. The molecule has 3 nitrogen and oxygen atoms in total. The molecule has 1 aromatic heterocycles. The zero-order valence-electron chi connectivity index (χ0n) is 9.70. The predicted octanol–water partition coefficient (Wildman–Crippen LogP) is 2.38. The topological polar surface area (TPSA) is 53.4 Å². The Labute approximate surface area is 111 Å². The Morgan fingerprint density at radius 3 is 2.06 bits per heavy atom. The minimum Gasteiger partial charge on any atom is -0.389 e. The Morgan fingerprint density at radius 2 is 1.50 bits per heavy atom. The van der Waals surface area contributed by atoms with Crippen molar-refractivity contribution in [2.45, 2.75) is 12.2 Å². The number of halogens is 1. The van der Waals surface area contributed by atoms with Crippen LogP contribution in [0.15, 0.2) is 48.8 Å². The highest BCUT2D eigenvalue weighted by atomic mass is 35.5. The summed E-state index contributed by atoms with van der Waals surface area (Å²) in [5, 5.41) is 19.3. The van der Waals surface area contributed by atoms with Crippen LogP contribution in [0.5, 0.6) is 0 Å². The number of nitrogens with zero attached hydrogens (tertiary/aromatic N) is 1. The Morgan fingerprint density at radius 1 is 0.944 bits per heavy atom. The average molecular weight is 264 g/mol. The van der Waals surface area contributed by atoms with Crippen LogP contribution in [0.1, 0.15) is 11.7 Å². The van der Waals surface area contributed by atoms with Gasteiger partial charge in [-0.25, -0.2) is 0 Å². The first-order valence-electron chi connectivity index (χ1n) is 5.65. The zero-order valence-corrected chi connectivity index (χ0v) is 10.5. The monoisotopic (exact) mass is 263 g/mol. The minimum absolute atomic E-state index is 0.00722. The average Bonchev–Trinajstić information content (AvgIpc) is 2.47. The molecule has 0 radical (unpaired) electrons. The molecule has 2 N–H and O–H groups in total. The molecule has 2 aromatic rings. The fraction of sp³-hybridized carbons (Fsp3) is 0.214. The number of hydrogen-bond acceptors (Lipinski definition) is 3. The lowest BCUT2D eigenvalue weighted by Gasteiger charge is -2.16. The van der Waals surface area contributed by atoms with E-state index in [0.717, 1.165) is 11.1 Å². The number of benzene rings is 1. The van der Waals surface area contributed by atoms with E-state index in [0.29, 0.717) is 5.56 Å². The van der Waals surface area contributed by atoms with Gasteiger partial charge in [0.25, 0.3) is 0 Å². The van der Waals surface area contributed by atoms with Crippen molar-refractivity contribution in [1.29, 1.82) is 0 Å². The molecule has 2 unspecified atom stereocenters. The summed E-state index contributed by atoms with van der Waals surface area (Å²) in [6.07, 6.45) is 1.57. The molecule has 94 valence electrons. The number of pyridine rings is 1. The number of aromatic nitrogens is 1. The van der Waals surface area contributed by atoms with Gasteiger partial charge in [0.15, 0.2) is 0 Å². The molecule has 1 heterocycles. The van der Waals surface area contributed by atoms with Gasteiger partial charge < -0.3 is 10.2 Å². The third-order valence-corrected chi connectivity index (χ3v) is 3.10. The highest BCUT2D eigenvalue weighted by Gasteiger charge is 2.16. The second-order valence-electron chi connectivity index (χ2n) is 4.02. The first-order chi connectivity index (χ1) is 8.72. The normalized spacial score (nSPS) is 14.2. The van der Waals surface area contributed by atoms with Crippen LogP contribution in [0.2, 0.25) is 0 Å². The van der Waals surface area contributed by atoms with Gasteiger partial charge in [0.2, 0.25) is 0 Å². The summed E-state index contributed by atoms with van der Waals surface area (Å²) in [6.45, 7) is 0. The number of hydrogen-bond donors (Lipinski definition) is 2. The first kappa shape index (κ1) is 13.0. The van der Waals surface area contributed by atoms with E-state index < -0.39 is 12.2 Å². The maximum atomic E-state index is 9.81. The molecule has 4 heteroatoms. The molecule has 2 rings (SSSR count). The van der Waals surface area contributed by atoms with Crippen molar-refractivity contribution in [1.82, 2.24) is 4.98 Å². The smallest absolute Gasteiger partial charge is 0.106 e. The van der Waals surface area contributed by atoms with Gasteiger partial charge >= 0.3 is 0 Å². The van der Waals surface area contributed by atoms with Crippen LogP contribution < -0.4 is 0 Å². The van der Waals surface area contributed by atoms with Crippen molar-refractivity contribution in [3.8, 4) is 11.1 Å². The molecule has 0 aliphatic carbocycles. The van der Waals surface area contributed by atoms with Gasteiger partial charge in [0.05, 0.1) is 12.0 Å². The highest BCUT2D eigenvalue weighted by molar-refractivity contribution is 6.18. The lowest BCUT2D eigenvalue weighted by Crippen LogP contribution is -2.19. The molecular weight excluding hydrogens is 250 g/mol. The summed E-state index contributed by atoms with van der Waals surface area (Å²) in [5.74, 6) is 0.00722. The van der Waals surface area contributed by atoms with E-state index >= 15 is 0 Å². The summed E-state index contributed by atoms with van der Waals surface area (Å²) < 4.78 is 0. The maximum Gasteiger partial charge on any atom is 0.106 e. The third kappa shape index (κ3) is 2.88. The fourth-order valence-electron chi connectivity index (χ4n) is 1.72. The molecule has 0 spiro atoms. The van der Waals surface area contributed by atoms with Crippen LogP contribution in [0, 0.1) is 0 Å². The van der Waals surface area contributed by atoms with E-state index in [1.54, 1.807) is 24.5 Å². The van der Waals surface area contributed by atoms with Crippen molar-refractivity contribution >= 4 is 11.6 Å². The standard InChI is InChI=1S/C14H14ClNO2/c15-9-13(17)14(18)12-3-1-10(2-4-12)11-5-7-16-8-6-11/h1-8,13-14,17-18H,9H2. The third-order valence-electron chi connectivity index (χ3n) is 2.79. The summed E-state index contributed by atoms with van der Waals surface area (Å²) in [7, 11) is 0. The Hall–Kier alpha value is -1.42. The second-order valence-corrected chi connectivity index (χ2v) is 4.33. The molecule has 0 fully saturated rings. The van der Waals surface area contributed by atoms with Crippen molar-refractivity contribution in [3.63, 3.8) is 0 Å². The SMILES string of the molecule is OC(CCl)C(O)c1ccc(-c2ccncc2)cc1. The van der Waals surface area contributed by atoms with E-state index in [4.69, 9.17) is 11.6 Å². The second kappa shape index (κ2) is 5.96. The first-order valence-corrected chi connectivity index (χ1v) is 6.18. The van der Waals surface area contributed by atoms with Gasteiger partial charge in [-0.15, -0.1) is 11.6 Å². The van der Waals surface area contributed by atoms with E-state index in [2.05, 4.69) is 4.98 Å². The fourth-order valence-corrected chi connectivity index (χ4v) is 1.89. The lowest BCUT2D eigenvalue weighted by molar-refractivity contribution is 0.0327. The van der Waals surface area contributed by atoms with E-state index in [9.17, 15) is 10.2 Å². The van der Waals surface area contributed by atoms with Crippen LogP contribution in [0.25, 0.3) is 11.1 Å². The number of rotatable bonds is 4. The van der Waals surface area contributed by atoms with E-state index in [-0.39, 0.29) is 5.88 Å². The van der Waals surface area contributed by atoms with Crippen LogP contribution in [0.4, 0.5) is 0 Å². The van der Waals surface area contributed by atoms with Gasteiger partial charge in [0, 0.05) is 12.4 Å².